The van der Waals surface area contributed by atoms with Gasteiger partial charge in [0.1, 0.15) is 11.4 Å². The lowest BCUT2D eigenvalue weighted by atomic mass is 10.1. The molecule has 30 heavy (non-hydrogen) atoms. The lowest BCUT2D eigenvalue weighted by Crippen LogP contribution is -2.50. The van der Waals surface area contributed by atoms with Crippen LogP contribution in [-0.4, -0.2) is 52.7 Å². The molecule has 0 aliphatic carbocycles. The van der Waals surface area contributed by atoms with Gasteiger partial charge < -0.3 is 20.0 Å². The van der Waals surface area contributed by atoms with E-state index in [-0.39, 0.29) is 22.7 Å². The number of fused-ring (bicyclic) bond motifs is 1. The molecular weight excluding hydrogens is 408 g/mol. The van der Waals surface area contributed by atoms with Crippen LogP contribution in [0.25, 0.3) is 11.0 Å². The van der Waals surface area contributed by atoms with Crippen molar-refractivity contribution in [1.29, 1.82) is 0 Å². The highest BCUT2D eigenvalue weighted by atomic mass is 19.4. The van der Waals surface area contributed by atoms with Crippen LogP contribution in [0.4, 0.5) is 34.0 Å². The molecule has 1 saturated heterocycles. The monoisotopic (exact) mass is 430 g/mol. The van der Waals surface area contributed by atoms with Crippen molar-refractivity contribution in [2.75, 3.05) is 36.5 Å². The molecule has 3 rings (SSSR count). The number of aromatic nitrogens is 2. The van der Waals surface area contributed by atoms with E-state index in [4.69, 9.17) is 10.6 Å². The number of nitrogen functional groups attached to an aromatic ring is 1. The second-order valence-corrected chi connectivity index (χ2v) is 7.81. The fourth-order valence-corrected chi connectivity index (χ4v) is 3.03. The van der Waals surface area contributed by atoms with Crippen LogP contribution < -0.4 is 16.2 Å². The maximum atomic E-state index is 13.9. The van der Waals surface area contributed by atoms with E-state index in [0.29, 0.717) is 38.3 Å². The number of halogens is 4. The first-order valence-electron chi connectivity index (χ1n) is 9.17. The predicted molar refractivity (Wildman–Crippen MR) is 102 cm³/mol. The Morgan fingerprint density at radius 3 is 2.23 bits per heavy atom. The number of nitrogens with one attached hydrogen (secondary N) is 1. The molecule has 0 atom stereocenters. The number of hydrogen-bond donors (Lipinski definition) is 2. The number of carbonyl (C=O) groups is 1. The summed E-state index contributed by atoms with van der Waals surface area (Å²) < 4.78 is 58.2. The molecule has 2 heterocycles. The first kappa shape index (κ1) is 21.8. The van der Waals surface area contributed by atoms with Crippen molar-refractivity contribution in [2.45, 2.75) is 32.5 Å². The quantitative estimate of drug-likeness (QED) is 0.429. The molecule has 1 aromatic heterocycles. The van der Waals surface area contributed by atoms with Crippen LogP contribution >= 0.6 is 0 Å². The molecule has 0 spiro atoms. The standard InChI is InChI=1S/C18H22F4N6O2/c1-17(2,3)30-16(29)28-6-4-27(5-7-28)15-14(26-23)24-12-8-10(18(20,21)22)11(19)9-13(12)25-15/h8-9H,4-7,23H2,1-3H3,(H,24,26). The maximum absolute atomic E-state index is 13.9. The van der Waals surface area contributed by atoms with E-state index in [1.165, 1.54) is 0 Å². The number of nitrogens with zero attached hydrogens (tertiary/aromatic N) is 4. The van der Waals surface area contributed by atoms with Gasteiger partial charge in [0.25, 0.3) is 0 Å². The Morgan fingerprint density at radius 2 is 1.70 bits per heavy atom. The van der Waals surface area contributed by atoms with Crippen LogP contribution in [0.15, 0.2) is 12.1 Å². The van der Waals surface area contributed by atoms with Gasteiger partial charge in [-0.15, -0.1) is 0 Å². The molecule has 164 valence electrons. The van der Waals surface area contributed by atoms with Gasteiger partial charge in [-0.3, -0.25) is 0 Å². The molecule has 0 bridgehead atoms. The fourth-order valence-electron chi connectivity index (χ4n) is 3.03. The lowest BCUT2D eigenvalue weighted by Gasteiger charge is -2.36. The molecule has 1 aliphatic rings. The molecule has 0 saturated carbocycles. The van der Waals surface area contributed by atoms with Crippen molar-refractivity contribution in [3.8, 4) is 0 Å². The van der Waals surface area contributed by atoms with E-state index in [1.807, 2.05) is 0 Å². The summed E-state index contributed by atoms with van der Waals surface area (Å²) in [6.07, 6.45) is -5.29. The summed E-state index contributed by atoms with van der Waals surface area (Å²) in [5.41, 5.74) is 0.102. The normalized spacial score (nSPS) is 15.5. The molecule has 12 heteroatoms. The van der Waals surface area contributed by atoms with E-state index < -0.39 is 29.3 Å². The summed E-state index contributed by atoms with van der Waals surface area (Å²) in [7, 11) is 0. The van der Waals surface area contributed by atoms with Crippen LogP contribution in [0.1, 0.15) is 26.3 Å². The number of anilines is 2. The number of carbonyl (C=O) groups excluding carboxylic acids is 1. The van der Waals surface area contributed by atoms with Gasteiger partial charge >= 0.3 is 12.3 Å². The molecule has 1 fully saturated rings. The van der Waals surface area contributed by atoms with Gasteiger partial charge in [0.05, 0.1) is 16.6 Å². The Labute approximate surface area is 170 Å². The minimum Gasteiger partial charge on any atom is -0.444 e. The number of alkyl halides is 3. The van der Waals surface area contributed by atoms with Crippen LogP contribution in [0.3, 0.4) is 0 Å². The minimum atomic E-state index is -4.85. The van der Waals surface area contributed by atoms with Crippen LogP contribution in [0.2, 0.25) is 0 Å². The highest BCUT2D eigenvalue weighted by Gasteiger charge is 2.35. The number of amides is 1. The molecule has 1 aromatic carbocycles. The van der Waals surface area contributed by atoms with Crippen LogP contribution in [-0.2, 0) is 10.9 Å². The molecule has 3 N–H and O–H groups in total. The Morgan fingerprint density at radius 1 is 1.10 bits per heavy atom. The third-order valence-electron chi connectivity index (χ3n) is 4.41. The summed E-state index contributed by atoms with van der Waals surface area (Å²) in [4.78, 5) is 23.8. The topological polar surface area (TPSA) is 96.6 Å². The van der Waals surface area contributed by atoms with E-state index in [9.17, 15) is 22.4 Å². The van der Waals surface area contributed by atoms with Gasteiger partial charge in [-0.1, -0.05) is 0 Å². The van der Waals surface area contributed by atoms with Crippen molar-refractivity contribution in [1.82, 2.24) is 14.9 Å². The first-order chi connectivity index (χ1) is 13.9. The van der Waals surface area contributed by atoms with Gasteiger partial charge in [0.15, 0.2) is 11.6 Å². The summed E-state index contributed by atoms with van der Waals surface area (Å²) in [6.45, 7) is 6.70. The Hall–Kier alpha value is -2.89. The van der Waals surface area contributed by atoms with Crippen molar-refractivity contribution in [3.05, 3.63) is 23.5 Å². The van der Waals surface area contributed by atoms with Gasteiger partial charge in [0.2, 0.25) is 0 Å². The summed E-state index contributed by atoms with van der Waals surface area (Å²) in [5, 5.41) is 0. The highest BCUT2D eigenvalue weighted by Crippen LogP contribution is 2.34. The third-order valence-corrected chi connectivity index (χ3v) is 4.41. The van der Waals surface area contributed by atoms with E-state index in [2.05, 4.69) is 15.4 Å². The second-order valence-electron chi connectivity index (χ2n) is 7.81. The van der Waals surface area contributed by atoms with E-state index in [0.717, 1.165) is 0 Å². The van der Waals surface area contributed by atoms with E-state index >= 15 is 0 Å². The Balaban J connectivity index is 1.85. The zero-order chi connectivity index (χ0) is 22.3. The van der Waals surface area contributed by atoms with Crippen molar-refractivity contribution >= 4 is 28.8 Å². The second kappa shape index (κ2) is 7.74. The number of benzene rings is 1. The fraction of sp³-hybridized carbons (Fsp3) is 0.500. The van der Waals surface area contributed by atoms with Gasteiger partial charge in [0, 0.05) is 32.2 Å². The summed E-state index contributed by atoms with van der Waals surface area (Å²) >= 11 is 0. The Kier molecular flexibility index (Phi) is 5.63. The van der Waals surface area contributed by atoms with Gasteiger partial charge in [-0.25, -0.2) is 25.0 Å². The lowest BCUT2D eigenvalue weighted by molar-refractivity contribution is -0.139. The number of rotatable bonds is 2. The largest absolute Gasteiger partial charge is 0.444 e. The van der Waals surface area contributed by atoms with Crippen LogP contribution in [0.5, 0.6) is 0 Å². The van der Waals surface area contributed by atoms with Gasteiger partial charge in [-0.05, 0) is 26.8 Å². The molecule has 8 nitrogen and oxygen atoms in total. The molecule has 2 aromatic rings. The SMILES string of the molecule is CC(C)(C)OC(=O)N1CCN(c2nc3cc(F)c(C(F)(F)F)cc3nc2NN)CC1. The van der Waals surface area contributed by atoms with Gasteiger partial charge in [-0.2, -0.15) is 13.2 Å². The Bertz CT molecular complexity index is 952. The van der Waals surface area contributed by atoms with Crippen molar-refractivity contribution in [3.63, 3.8) is 0 Å². The predicted octanol–water partition coefficient (Wildman–Crippen LogP) is 3.13. The van der Waals surface area contributed by atoms with Crippen molar-refractivity contribution in [2.24, 2.45) is 5.84 Å². The average Bonchev–Trinajstić information content (AvgIpc) is 2.64. The van der Waals surface area contributed by atoms with Crippen LogP contribution in [0, 0.1) is 5.82 Å². The number of nitrogens with two attached hydrogens (primary N) is 1. The van der Waals surface area contributed by atoms with Crippen molar-refractivity contribution < 1.29 is 27.1 Å². The molecule has 0 unspecified atom stereocenters. The number of hydrogen-bond acceptors (Lipinski definition) is 7. The third kappa shape index (κ3) is 4.64. The minimum absolute atomic E-state index is 0.0379. The molecule has 0 radical (unpaired) electrons. The average molecular weight is 430 g/mol. The zero-order valence-electron chi connectivity index (χ0n) is 16.7. The molecule has 1 aliphatic heterocycles. The zero-order valence-corrected chi connectivity index (χ0v) is 16.7. The summed E-state index contributed by atoms with van der Waals surface area (Å²) in [5.74, 6) is 4.36. The van der Waals surface area contributed by atoms with E-state index in [1.54, 1.807) is 30.6 Å². The highest BCUT2D eigenvalue weighted by molar-refractivity contribution is 5.81. The molecule has 1 amide bonds. The molecular formula is C18H22F4N6O2. The number of ether oxygens (including phenoxy) is 1. The summed E-state index contributed by atoms with van der Waals surface area (Å²) in [6, 6.07) is 1.30. The number of piperazine rings is 1. The maximum Gasteiger partial charge on any atom is 0.419 e. The number of hydrazine groups is 1. The first-order valence-corrected chi connectivity index (χ1v) is 9.17. The smallest absolute Gasteiger partial charge is 0.419 e.